The third kappa shape index (κ3) is 2.81. The van der Waals surface area contributed by atoms with Gasteiger partial charge >= 0.3 is 0 Å². The van der Waals surface area contributed by atoms with Crippen molar-refractivity contribution in [3.05, 3.63) is 29.8 Å². The van der Waals surface area contributed by atoms with Gasteiger partial charge in [-0.1, -0.05) is 20.8 Å². The molecule has 0 atom stereocenters. The lowest BCUT2D eigenvalue weighted by Gasteiger charge is -2.20. The molecule has 0 unspecified atom stereocenters. The quantitative estimate of drug-likeness (QED) is 0.925. The summed E-state index contributed by atoms with van der Waals surface area (Å²) in [6.45, 7) is 6.02. The molecule has 0 spiro atoms. The van der Waals surface area contributed by atoms with Crippen LogP contribution in [0.15, 0.2) is 18.5 Å². The smallest absolute Gasteiger partial charge is 0.224 e. The van der Waals surface area contributed by atoms with Crippen molar-refractivity contribution in [2.45, 2.75) is 26.2 Å². The number of nitrogens with zero attached hydrogens (tertiary/aromatic N) is 2. The Hall–Kier alpha value is -1.75. The van der Waals surface area contributed by atoms with E-state index >= 15 is 0 Å². The summed E-state index contributed by atoms with van der Waals surface area (Å²) in [6, 6.07) is 3.33. The third-order valence-electron chi connectivity index (χ3n) is 2.85. The Morgan fingerprint density at radius 1 is 1.26 bits per heavy atom. The van der Waals surface area contributed by atoms with Gasteiger partial charge in [-0.3, -0.25) is 0 Å². The van der Waals surface area contributed by atoms with Gasteiger partial charge in [-0.25, -0.2) is 14.4 Å². The summed E-state index contributed by atoms with van der Waals surface area (Å²) in [5.74, 6) is -0.0947. The average molecular weight is 264 g/mol. The van der Waals surface area contributed by atoms with Gasteiger partial charge in [0.25, 0.3) is 0 Å². The van der Waals surface area contributed by atoms with E-state index in [1.165, 1.54) is 12.4 Å². The molecular formula is C14H17FN2O2. The molecule has 19 heavy (non-hydrogen) atoms. The van der Waals surface area contributed by atoms with E-state index in [9.17, 15) is 4.39 Å². The van der Waals surface area contributed by atoms with Gasteiger partial charge in [0.05, 0.1) is 12.0 Å². The standard InChI is InChI=1S/C14H17FN2O2/c1-14(2,3)9-6-10-12(11(15)7-9)16-8-17-13(10)19-5-4-18/h6-8,18H,4-5H2,1-3H3. The predicted octanol–water partition coefficient (Wildman–Crippen LogP) is 2.44. The van der Waals surface area contributed by atoms with E-state index in [-0.39, 0.29) is 24.1 Å². The van der Waals surface area contributed by atoms with Crippen molar-refractivity contribution < 1.29 is 14.2 Å². The van der Waals surface area contributed by atoms with Crippen LogP contribution in [-0.2, 0) is 5.41 Å². The Bertz CT molecular complexity index is 594. The molecule has 4 nitrogen and oxygen atoms in total. The molecule has 0 saturated carbocycles. The number of ether oxygens (including phenoxy) is 1. The van der Waals surface area contributed by atoms with Crippen LogP contribution in [0.4, 0.5) is 4.39 Å². The Morgan fingerprint density at radius 2 is 2.00 bits per heavy atom. The van der Waals surface area contributed by atoms with Gasteiger partial charge in [0, 0.05) is 0 Å². The number of aromatic nitrogens is 2. The largest absolute Gasteiger partial charge is 0.475 e. The zero-order valence-corrected chi connectivity index (χ0v) is 11.3. The van der Waals surface area contributed by atoms with Crippen LogP contribution >= 0.6 is 0 Å². The van der Waals surface area contributed by atoms with Gasteiger partial charge in [-0.05, 0) is 23.1 Å². The number of halogens is 1. The molecule has 1 N–H and O–H groups in total. The fourth-order valence-corrected chi connectivity index (χ4v) is 1.79. The normalized spacial score (nSPS) is 11.8. The van der Waals surface area contributed by atoms with Gasteiger partial charge in [-0.2, -0.15) is 0 Å². The van der Waals surface area contributed by atoms with E-state index in [2.05, 4.69) is 9.97 Å². The summed E-state index contributed by atoms with van der Waals surface area (Å²) < 4.78 is 19.4. The van der Waals surface area contributed by atoms with Crippen molar-refractivity contribution in [3.8, 4) is 5.88 Å². The van der Waals surface area contributed by atoms with Crippen LogP contribution in [0.2, 0.25) is 0 Å². The van der Waals surface area contributed by atoms with Crippen LogP contribution in [0.25, 0.3) is 10.9 Å². The predicted molar refractivity (Wildman–Crippen MR) is 70.8 cm³/mol. The molecular weight excluding hydrogens is 247 g/mol. The van der Waals surface area contributed by atoms with Crippen molar-refractivity contribution in [1.29, 1.82) is 0 Å². The van der Waals surface area contributed by atoms with E-state index < -0.39 is 5.82 Å². The zero-order chi connectivity index (χ0) is 14.0. The zero-order valence-electron chi connectivity index (χ0n) is 11.3. The van der Waals surface area contributed by atoms with Crippen LogP contribution in [-0.4, -0.2) is 28.3 Å². The van der Waals surface area contributed by atoms with Crippen molar-refractivity contribution in [1.82, 2.24) is 9.97 Å². The molecule has 0 bridgehead atoms. The minimum absolute atomic E-state index is 0.118. The van der Waals surface area contributed by atoms with Gasteiger partial charge < -0.3 is 9.84 Å². The summed E-state index contributed by atoms with van der Waals surface area (Å²) in [6.07, 6.45) is 1.26. The number of benzene rings is 1. The fraction of sp³-hybridized carbons (Fsp3) is 0.429. The highest BCUT2D eigenvalue weighted by Gasteiger charge is 2.18. The second-order valence-corrected chi connectivity index (χ2v) is 5.36. The fourth-order valence-electron chi connectivity index (χ4n) is 1.79. The van der Waals surface area contributed by atoms with Crippen LogP contribution in [0.5, 0.6) is 5.88 Å². The first-order valence-electron chi connectivity index (χ1n) is 6.12. The molecule has 1 heterocycles. The lowest BCUT2D eigenvalue weighted by atomic mass is 9.86. The van der Waals surface area contributed by atoms with Gasteiger partial charge in [0.1, 0.15) is 24.3 Å². The molecule has 102 valence electrons. The lowest BCUT2D eigenvalue weighted by molar-refractivity contribution is 0.198. The molecule has 1 aromatic heterocycles. The molecule has 0 fully saturated rings. The summed E-state index contributed by atoms with van der Waals surface area (Å²) >= 11 is 0. The topological polar surface area (TPSA) is 55.2 Å². The van der Waals surface area contributed by atoms with Crippen molar-refractivity contribution in [2.75, 3.05) is 13.2 Å². The molecule has 0 saturated heterocycles. The first-order valence-corrected chi connectivity index (χ1v) is 6.12. The van der Waals surface area contributed by atoms with E-state index in [0.29, 0.717) is 11.3 Å². The summed E-state index contributed by atoms with van der Waals surface area (Å²) in [7, 11) is 0. The van der Waals surface area contributed by atoms with E-state index in [4.69, 9.17) is 9.84 Å². The lowest BCUT2D eigenvalue weighted by Crippen LogP contribution is -2.12. The van der Waals surface area contributed by atoms with Crippen LogP contribution in [0, 0.1) is 5.82 Å². The molecule has 2 rings (SSSR count). The monoisotopic (exact) mass is 264 g/mol. The molecule has 2 aromatic rings. The van der Waals surface area contributed by atoms with Crippen LogP contribution in [0.1, 0.15) is 26.3 Å². The highest BCUT2D eigenvalue weighted by molar-refractivity contribution is 5.84. The van der Waals surface area contributed by atoms with Crippen molar-refractivity contribution in [2.24, 2.45) is 0 Å². The third-order valence-corrected chi connectivity index (χ3v) is 2.85. The van der Waals surface area contributed by atoms with Gasteiger partial charge in [0.2, 0.25) is 5.88 Å². The Kier molecular flexibility index (Phi) is 3.66. The number of aliphatic hydroxyl groups is 1. The molecule has 0 aliphatic rings. The molecule has 1 aromatic carbocycles. The first kappa shape index (κ1) is 13.7. The highest BCUT2D eigenvalue weighted by atomic mass is 19.1. The Morgan fingerprint density at radius 3 is 2.63 bits per heavy atom. The van der Waals surface area contributed by atoms with E-state index in [0.717, 1.165) is 5.56 Å². The molecule has 0 aliphatic carbocycles. The summed E-state index contributed by atoms with van der Waals surface area (Å²) in [4.78, 5) is 7.94. The van der Waals surface area contributed by atoms with E-state index in [1.54, 1.807) is 0 Å². The number of rotatable bonds is 3. The average Bonchev–Trinajstić information content (AvgIpc) is 2.35. The maximum atomic E-state index is 14.1. The van der Waals surface area contributed by atoms with Gasteiger partial charge in [-0.15, -0.1) is 0 Å². The maximum Gasteiger partial charge on any atom is 0.224 e. The molecule has 0 amide bonds. The Balaban J connectivity index is 2.62. The molecule has 0 radical (unpaired) electrons. The van der Waals surface area contributed by atoms with E-state index in [1.807, 2.05) is 26.8 Å². The Labute approximate surface area is 111 Å². The number of fused-ring (bicyclic) bond motifs is 1. The number of hydrogen-bond acceptors (Lipinski definition) is 4. The maximum absolute atomic E-state index is 14.1. The van der Waals surface area contributed by atoms with Crippen LogP contribution < -0.4 is 4.74 Å². The van der Waals surface area contributed by atoms with Crippen LogP contribution in [0.3, 0.4) is 0 Å². The highest BCUT2D eigenvalue weighted by Crippen LogP contribution is 2.30. The van der Waals surface area contributed by atoms with Crippen molar-refractivity contribution in [3.63, 3.8) is 0 Å². The second-order valence-electron chi connectivity index (χ2n) is 5.36. The SMILES string of the molecule is CC(C)(C)c1cc(F)c2ncnc(OCCO)c2c1. The second kappa shape index (κ2) is 5.09. The number of hydrogen-bond donors (Lipinski definition) is 1. The molecule has 0 aliphatic heterocycles. The number of aliphatic hydroxyl groups excluding tert-OH is 1. The van der Waals surface area contributed by atoms with Crippen molar-refractivity contribution >= 4 is 10.9 Å². The minimum atomic E-state index is -0.390. The summed E-state index contributed by atoms with van der Waals surface area (Å²) in [5, 5.41) is 9.32. The first-order chi connectivity index (χ1) is 8.93. The minimum Gasteiger partial charge on any atom is -0.475 e. The summed E-state index contributed by atoms with van der Waals surface area (Å²) in [5.41, 5.74) is 0.899. The van der Waals surface area contributed by atoms with Gasteiger partial charge in [0.15, 0.2) is 0 Å². The molecule has 5 heteroatoms.